The monoisotopic (exact) mass is 431 g/mol. The molecule has 1 N–H and O–H groups in total. The van der Waals surface area contributed by atoms with Gasteiger partial charge < -0.3 is 19.1 Å². The van der Waals surface area contributed by atoms with Crippen LogP contribution < -0.4 is 15.0 Å². The summed E-state index contributed by atoms with van der Waals surface area (Å²) in [6.07, 6.45) is 11.6. The zero-order valence-electron chi connectivity index (χ0n) is 19.9. The van der Waals surface area contributed by atoms with E-state index in [0.717, 1.165) is 48.8 Å². The van der Waals surface area contributed by atoms with Gasteiger partial charge in [-0.25, -0.2) is 0 Å². The second-order valence-corrected chi connectivity index (χ2v) is 8.65. The number of rotatable bonds is 15. The van der Waals surface area contributed by atoms with Gasteiger partial charge in [-0.2, -0.15) is 0 Å². The Hall–Kier alpha value is -2.17. The molecule has 0 atom stereocenters. The minimum atomic E-state index is -0.417. The maximum absolute atomic E-state index is 12.9. The van der Waals surface area contributed by atoms with Gasteiger partial charge in [0, 0.05) is 17.5 Å². The summed E-state index contributed by atoms with van der Waals surface area (Å²) in [7, 11) is 0. The second-order valence-electron chi connectivity index (χ2n) is 8.65. The first-order valence-electron chi connectivity index (χ1n) is 12.2. The molecule has 1 aromatic heterocycles. The van der Waals surface area contributed by atoms with Gasteiger partial charge in [0.25, 0.3) is 5.56 Å². The lowest BCUT2D eigenvalue weighted by Gasteiger charge is -2.19. The molecule has 0 aliphatic rings. The van der Waals surface area contributed by atoms with Gasteiger partial charge in [0.15, 0.2) is 5.75 Å². The van der Waals surface area contributed by atoms with Crippen molar-refractivity contribution in [3.63, 3.8) is 0 Å². The Morgan fingerprint density at radius 1 is 0.871 bits per heavy atom. The van der Waals surface area contributed by atoms with Gasteiger partial charge in [-0.1, -0.05) is 65.2 Å². The highest BCUT2D eigenvalue weighted by molar-refractivity contribution is 5.89. The Morgan fingerprint density at radius 2 is 1.45 bits per heavy atom. The van der Waals surface area contributed by atoms with Gasteiger partial charge >= 0.3 is 0 Å². The zero-order valence-corrected chi connectivity index (χ0v) is 19.9. The number of aromatic nitrogens is 1. The molecule has 0 saturated heterocycles. The molecule has 1 aromatic carbocycles. The van der Waals surface area contributed by atoms with Crippen LogP contribution in [-0.2, 0) is 0 Å². The number of hydrogen-bond acceptors (Lipinski definition) is 4. The molecule has 0 saturated carbocycles. The van der Waals surface area contributed by atoms with Crippen molar-refractivity contribution < 1.29 is 14.6 Å². The zero-order chi connectivity index (χ0) is 22.6. The van der Waals surface area contributed by atoms with Crippen molar-refractivity contribution >= 4 is 10.9 Å². The summed E-state index contributed by atoms with van der Waals surface area (Å²) in [4.78, 5) is 12.9. The van der Waals surface area contributed by atoms with Gasteiger partial charge in [-0.15, -0.1) is 0 Å². The topological polar surface area (TPSA) is 60.7 Å². The van der Waals surface area contributed by atoms with Crippen LogP contribution in [0.25, 0.3) is 10.9 Å². The predicted molar refractivity (Wildman–Crippen MR) is 129 cm³/mol. The van der Waals surface area contributed by atoms with Crippen molar-refractivity contribution in [1.29, 1.82) is 0 Å². The van der Waals surface area contributed by atoms with Crippen molar-refractivity contribution in [1.82, 2.24) is 4.57 Å². The Bertz CT molecular complexity index is 857. The molecule has 5 heteroatoms. The fourth-order valence-corrected chi connectivity index (χ4v) is 3.88. The van der Waals surface area contributed by atoms with Crippen LogP contribution in [0.1, 0.15) is 97.9 Å². The maximum Gasteiger partial charge on any atom is 0.297 e. The number of hydrogen-bond donors (Lipinski definition) is 1. The molecule has 31 heavy (non-hydrogen) atoms. The van der Waals surface area contributed by atoms with E-state index in [2.05, 4.69) is 13.8 Å². The number of benzene rings is 1. The van der Waals surface area contributed by atoms with Crippen LogP contribution in [0, 0.1) is 0 Å². The summed E-state index contributed by atoms with van der Waals surface area (Å²) in [5.41, 5.74) is 0.320. The lowest BCUT2D eigenvalue weighted by Crippen LogP contribution is -2.23. The van der Waals surface area contributed by atoms with E-state index in [-0.39, 0.29) is 17.5 Å². The number of ether oxygens (including phenoxy) is 2. The van der Waals surface area contributed by atoms with Crippen molar-refractivity contribution in [2.24, 2.45) is 0 Å². The average Bonchev–Trinajstić information content (AvgIpc) is 2.75. The third-order valence-electron chi connectivity index (χ3n) is 5.64. The smallest absolute Gasteiger partial charge is 0.297 e. The molecule has 0 aliphatic heterocycles. The van der Waals surface area contributed by atoms with Gasteiger partial charge in [-0.3, -0.25) is 4.79 Å². The normalized spacial score (nSPS) is 11.4. The van der Waals surface area contributed by atoms with E-state index in [1.165, 1.54) is 32.1 Å². The lowest BCUT2D eigenvalue weighted by atomic mass is 10.1. The van der Waals surface area contributed by atoms with Gasteiger partial charge in [0.2, 0.25) is 5.75 Å². The average molecular weight is 432 g/mol. The summed E-state index contributed by atoms with van der Waals surface area (Å²) in [6, 6.07) is 5.61. The number of aromatic hydroxyl groups is 1. The molecule has 0 spiro atoms. The number of pyridine rings is 1. The van der Waals surface area contributed by atoms with Crippen molar-refractivity contribution in [2.75, 3.05) is 13.2 Å². The summed E-state index contributed by atoms with van der Waals surface area (Å²) in [6.45, 7) is 9.43. The first-order chi connectivity index (χ1) is 15.0. The van der Waals surface area contributed by atoms with Gasteiger partial charge in [-0.05, 0) is 38.8 Å². The molecule has 2 rings (SSSR count). The largest absolute Gasteiger partial charge is 0.500 e. The summed E-state index contributed by atoms with van der Waals surface area (Å²) in [5, 5.41) is 11.3. The molecule has 0 bridgehead atoms. The third-order valence-corrected chi connectivity index (χ3v) is 5.64. The Morgan fingerprint density at radius 3 is 2.10 bits per heavy atom. The van der Waals surface area contributed by atoms with E-state index >= 15 is 0 Å². The van der Waals surface area contributed by atoms with Crippen molar-refractivity contribution in [2.45, 2.75) is 97.9 Å². The molecule has 0 aliphatic carbocycles. The predicted octanol–water partition coefficient (Wildman–Crippen LogP) is 6.99. The Balaban J connectivity index is 2.18. The van der Waals surface area contributed by atoms with E-state index in [9.17, 15) is 9.90 Å². The SMILES string of the molecule is CCCCCCCCOc1ccc2c(OCCCCCC)c(O)c(=O)n(C(C)C)c2c1. The minimum Gasteiger partial charge on any atom is -0.500 e. The van der Waals surface area contributed by atoms with Crippen LogP contribution in [0.15, 0.2) is 23.0 Å². The van der Waals surface area contributed by atoms with E-state index in [0.29, 0.717) is 13.2 Å². The van der Waals surface area contributed by atoms with Gasteiger partial charge in [0.1, 0.15) is 5.75 Å². The van der Waals surface area contributed by atoms with Crippen molar-refractivity contribution in [3.8, 4) is 17.2 Å². The van der Waals surface area contributed by atoms with Gasteiger partial charge in [0.05, 0.1) is 18.7 Å². The Kier molecular flexibility index (Phi) is 10.8. The number of fused-ring (bicyclic) bond motifs is 1. The molecule has 0 fully saturated rings. The van der Waals surface area contributed by atoms with Crippen LogP contribution in [0.4, 0.5) is 0 Å². The fourth-order valence-electron chi connectivity index (χ4n) is 3.88. The third kappa shape index (κ3) is 7.19. The standard InChI is InChI=1S/C26H41NO4/c1-5-7-9-11-12-14-17-30-21-15-16-22-23(19-21)27(20(3)4)26(29)24(28)25(22)31-18-13-10-8-6-2/h15-16,19-20,28H,5-14,17-18H2,1-4H3. The maximum atomic E-state index is 12.9. The van der Waals surface area contributed by atoms with Crippen LogP contribution in [0.2, 0.25) is 0 Å². The molecular formula is C26H41NO4. The summed E-state index contributed by atoms with van der Waals surface area (Å²) >= 11 is 0. The summed E-state index contributed by atoms with van der Waals surface area (Å²) in [5.74, 6) is 0.725. The van der Waals surface area contributed by atoms with Crippen LogP contribution in [0.5, 0.6) is 17.2 Å². The highest BCUT2D eigenvalue weighted by atomic mass is 16.5. The number of nitrogens with zero attached hydrogens (tertiary/aromatic N) is 1. The van der Waals surface area contributed by atoms with E-state index in [4.69, 9.17) is 9.47 Å². The molecule has 0 unspecified atom stereocenters. The van der Waals surface area contributed by atoms with Crippen LogP contribution in [0.3, 0.4) is 0 Å². The quantitative estimate of drug-likeness (QED) is 0.309. The summed E-state index contributed by atoms with van der Waals surface area (Å²) < 4.78 is 13.5. The molecular weight excluding hydrogens is 390 g/mol. The first kappa shape index (κ1) is 25.1. The second kappa shape index (κ2) is 13.3. The van der Waals surface area contributed by atoms with E-state index < -0.39 is 5.56 Å². The highest BCUT2D eigenvalue weighted by Gasteiger charge is 2.19. The highest BCUT2D eigenvalue weighted by Crippen LogP contribution is 2.35. The molecule has 5 nitrogen and oxygen atoms in total. The lowest BCUT2D eigenvalue weighted by molar-refractivity contribution is 0.289. The molecule has 1 heterocycles. The molecule has 174 valence electrons. The van der Waals surface area contributed by atoms with Crippen molar-refractivity contribution in [3.05, 3.63) is 28.6 Å². The van der Waals surface area contributed by atoms with E-state index in [1.807, 2.05) is 32.0 Å². The molecule has 2 aromatic rings. The van der Waals surface area contributed by atoms with Crippen LogP contribution in [-0.4, -0.2) is 22.9 Å². The minimum absolute atomic E-state index is 0.0895. The first-order valence-corrected chi connectivity index (χ1v) is 12.2. The van der Waals surface area contributed by atoms with E-state index in [1.54, 1.807) is 4.57 Å². The van der Waals surface area contributed by atoms with Crippen LogP contribution >= 0.6 is 0 Å². The Labute approximate surface area is 187 Å². The molecule has 0 radical (unpaired) electrons. The molecule has 0 amide bonds. The number of unbranched alkanes of at least 4 members (excludes halogenated alkanes) is 8. The fraction of sp³-hybridized carbons (Fsp3) is 0.654.